The van der Waals surface area contributed by atoms with Gasteiger partial charge in [0.2, 0.25) is 5.91 Å². The van der Waals surface area contributed by atoms with Crippen LogP contribution < -0.4 is 10.6 Å². The average Bonchev–Trinajstić information content (AvgIpc) is 2.70. The van der Waals surface area contributed by atoms with Crippen molar-refractivity contribution < 1.29 is 9.59 Å². The van der Waals surface area contributed by atoms with Gasteiger partial charge in [-0.25, -0.2) is 0 Å². The number of carbonyl (C=O) groups excluding carboxylic acids is 2. The third kappa shape index (κ3) is 5.81. The van der Waals surface area contributed by atoms with E-state index in [9.17, 15) is 9.59 Å². The van der Waals surface area contributed by atoms with E-state index in [0.717, 1.165) is 17.7 Å². The van der Waals surface area contributed by atoms with Crippen molar-refractivity contribution in [1.82, 2.24) is 15.5 Å². The first-order chi connectivity index (χ1) is 13.5. The molecule has 0 radical (unpaired) electrons. The van der Waals surface area contributed by atoms with E-state index in [1.807, 2.05) is 66.4 Å². The molecule has 0 aromatic heterocycles. The Morgan fingerprint density at radius 3 is 2.41 bits per heavy atom. The quantitative estimate of drug-likeness (QED) is 0.785. The van der Waals surface area contributed by atoms with Crippen LogP contribution in [0.5, 0.6) is 0 Å². The molecule has 3 unspecified atom stereocenters. The maximum absolute atomic E-state index is 13.0. The lowest BCUT2D eigenvalue weighted by atomic mass is 10.00. The second-order valence-corrected chi connectivity index (χ2v) is 7.58. The van der Waals surface area contributed by atoms with Crippen molar-refractivity contribution in [3.63, 3.8) is 0 Å². The minimum absolute atomic E-state index is 0. The molecule has 2 N–H and O–H groups in total. The Hall–Kier alpha value is -2.37. The summed E-state index contributed by atoms with van der Waals surface area (Å²) >= 11 is 0. The number of hydrogen-bond acceptors (Lipinski definition) is 3. The lowest BCUT2D eigenvalue weighted by Crippen LogP contribution is -2.57. The average molecular weight is 416 g/mol. The van der Waals surface area contributed by atoms with Gasteiger partial charge in [-0.3, -0.25) is 9.59 Å². The molecule has 2 aromatic rings. The molecule has 1 aliphatic heterocycles. The molecule has 2 amide bonds. The third-order valence-electron chi connectivity index (χ3n) is 5.55. The molecule has 29 heavy (non-hydrogen) atoms. The number of aryl methyl sites for hydroxylation is 1. The molecule has 1 heterocycles. The van der Waals surface area contributed by atoms with Gasteiger partial charge in [-0.2, -0.15) is 0 Å². The normalized spacial score (nSPS) is 19.8. The van der Waals surface area contributed by atoms with Gasteiger partial charge in [-0.1, -0.05) is 48.0 Å². The SMILES string of the molecule is Cc1ccc(C(=O)NC(CC(=O)N2CCNC(C)C2C)c2ccccc2)cc1.Cl. The maximum atomic E-state index is 13.0. The highest BCUT2D eigenvalue weighted by atomic mass is 35.5. The van der Waals surface area contributed by atoms with E-state index >= 15 is 0 Å². The van der Waals surface area contributed by atoms with Crippen molar-refractivity contribution in [1.29, 1.82) is 0 Å². The fourth-order valence-electron chi connectivity index (χ4n) is 3.58. The van der Waals surface area contributed by atoms with Crippen LogP contribution in [-0.4, -0.2) is 41.9 Å². The molecular weight excluding hydrogens is 386 g/mol. The van der Waals surface area contributed by atoms with Gasteiger partial charge in [0, 0.05) is 30.7 Å². The Morgan fingerprint density at radius 2 is 1.76 bits per heavy atom. The number of carbonyl (C=O) groups is 2. The summed E-state index contributed by atoms with van der Waals surface area (Å²) in [5, 5.41) is 6.46. The Balaban J connectivity index is 0.00000300. The zero-order chi connectivity index (χ0) is 20.1. The van der Waals surface area contributed by atoms with E-state index < -0.39 is 0 Å². The standard InChI is InChI=1S/C23H29N3O2.ClH/c1-16-9-11-20(12-10-16)23(28)25-21(19-7-5-4-6-8-19)15-22(27)26-14-13-24-17(2)18(26)3;/h4-12,17-18,21,24H,13-15H2,1-3H3,(H,25,28);1H. The predicted octanol–water partition coefficient (Wildman–Crippen LogP) is 3.49. The van der Waals surface area contributed by atoms with Gasteiger partial charge in [-0.05, 0) is 38.5 Å². The summed E-state index contributed by atoms with van der Waals surface area (Å²) in [4.78, 5) is 27.7. The van der Waals surface area contributed by atoms with Crippen LogP contribution in [-0.2, 0) is 4.79 Å². The molecule has 5 nitrogen and oxygen atoms in total. The minimum atomic E-state index is -0.361. The highest BCUT2D eigenvalue weighted by Crippen LogP contribution is 2.21. The lowest BCUT2D eigenvalue weighted by molar-refractivity contribution is -0.135. The minimum Gasteiger partial charge on any atom is -0.345 e. The summed E-state index contributed by atoms with van der Waals surface area (Å²) in [6.07, 6.45) is 0.249. The Bertz CT molecular complexity index is 811. The fourth-order valence-corrected chi connectivity index (χ4v) is 3.58. The van der Waals surface area contributed by atoms with Crippen LogP contribution in [0.2, 0.25) is 0 Å². The fraction of sp³-hybridized carbons (Fsp3) is 0.391. The number of hydrogen-bond donors (Lipinski definition) is 2. The molecule has 0 aliphatic carbocycles. The van der Waals surface area contributed by atoms with Gasteiger partial charge >= 0.3 is 0 Å². The van der Waals surface area contributed by atoms with Crippen molar-refractivity contribution in [3.8, 4) is 0 Å². The molecule has 1 fully saturated rings. The van der Waals surface area contributed by atoms with Gasteiger partial charge in [-0.15, -0.1) is 12.4 Å². The van der Waals surface area contributed by atoms with Crippen LogP contribution in [0, 0.1) is 6.92 Å². The molecule has 0 spiro atoms. The van der Waals surface area contributed by atoms with Crippen LogP contribution in [0.4, 0.5) is 0 Å². The number of halogens is 1. The highest BCUT2D eigenvalue weighted by molar-refractivity contribution is 5.94. The van der Waals surface area contributed by atoms with Gasteiger partial charge in [0.1, 0.15) is 0 Å². The van der Waals surface area contributed by atoms with Crippen molar-refractivity contribution in [2.45, 2.75) is 45.3 Å². The number of nitrogens with one attached hydrogen (secondary N) is 2. The third-order valence-corrected chi connectivity index (χ3v) is 5.55. The number of rotatable bonds is 5. The summed E-state index contributed by atoms with van der Waals surface area (Å²) in [5.74, 6) is -0.0951. The smallest absolute Gasteiger partial charge is 0.251 e. The van der Waals surface area contributed by atoms with Gasteiger partial charge in [0.05, 0.1) is 12.5 Å². The number of nitrogens with zero attached hydrogens (tertiary/aromatic N) is 1. The van der Waals surface area contributed by atoms with E-state index in [-0.39, 0.29) is 48.8 Å². The monoisotopic (exact) mass is 415 g/mol. The van der Waals surface area contributed by atoms with Gasteiger partial charge in [0.25, 0.3) is 5.91 Å². The Labute approximate surface area is 179 Å². The molecule has 3 atom stereocenters. The molecule has 156 valence electrons. The Morgan fingerprint density at radius 1 is 1.10 bits per heavy atom. The molecule has 3 rings (SSSR count). The van der Waals surface area contributed by atoms with E-state index in [1.54, 1.807) is 0 Å². The predicted molar refractivity (Wildman–Crippen MR) is 118 cm³/mol. The lowest BCUT2D eigenvalue weighted by Gasteiger charge is -2.39. The second kappa shape index (κ2) is 10.4. The van der Waals surface area contributed by atoms with Crippen LogP contribution >= 0.6 is 12.4 Å². The van der Waals surface area contributed by atoms with Crippen molar-refractivity contribution >= 4 is 24.2 Å². The molecule has 1 saturated heterocycles. The maximum Gasteiger partial charge on any atom is 0.251 e. The first-order valence-corrected chi connectivity index (χ1v) is 9.91. The Kier molecular flexibility index (Phi) is 8.23. The van der Waals surface area contributed by atoms with Gasteiger partial charge < -0.3 is 15.5 Å². The number of piperazine rings is 1. The van der Waals surface area contributed by atoms with E-state index in [0.29, 0.717) is 12.1 Å². The zero-order valence-corrected chi connectivity index (χ0v) is 18.0. The molecule has 0 bridgehead atoms. The molecule has 0 saturated carbocycles. The van der Waals surface area contributed by atoms with Crippen molar-refractivity contribution in [2.75, 3.05) is 13.1 Å². The highest BCUT2D eigenvalue weighted by Gasteiger charge is 2.30. The zero-order valence-electron chi connectivity index (χ0n) is 17.2. The number of benzene rings is 2. The summed E-state index contributed by atoms with van der Waals surface area (Å²) in [7, 11) is 0. The summed E-state index contributed by atoms with van der Waals surface area (Å²) in [5.41, 5.74) is 2.64. The summed E-state index contributed by atoms with van der Waals surface area (Å²) < 4.78 is 0. The first-order valence-electron chi connectivity index (χ1n) is 9.91. The van der Waals surface area contributed by atoms with Crippen LogP contribution in [0.15, 0.2) is 54.6 Å². The van der Waals surface area contributed by atoms with Crippen LogP contribution in [0.1, 0.15) is 47.8 Å². The van der Waals surface area contributed by atoms with Crippen molar-refractivity contribution in [3.05, 3.63) is 71.3 Å². The molecule has 2 aromatic carbocycles. The van der Waals surface area contributed by atoms with E-state index in [4.69, 9.17) is 0 Å². The van der Waals surface area contributed by atoms with Crippen molar-refractivity contribution in [2.24, 2.45) is 0 Å². The summed E-state index contributed by atoms with van der Waals surface area (Å²) in [6.45, 7) is 7.64. The first kappa shape index (κ1) is 22.9. The summed E-state index contributed by atoms with van der Waals surface area (Å²) in [6, 6.07) is 17.2. The molecule has 6 heteroatoms. The molecular formula is C23H30ClN3O2. The topological polar surface area (TPSA) is 61.4 Å². The van der Waals surface area contributed by atoms with Crippen LogP contribution in [0.3, 0.4) is 0 Å². The molecule has 1 aliphatic rings. The van der Waals surface area contributed by atoms with E-state index in [1.165, 1.54) is 0 Å². The van der Waals surface area contributed by atoms with Gasteiger partial charge in [0.15, 0.2) is 0 Å². The number of amides is 2. The van der Waals surface area contributed by atoms with E-state index in [2.05, 4.69) is 24.5 Å². The second-order valence-electron chi connectivity index (χ2n) is 7.58. The van der Waals surface area contributed by atoms with Crippen LogP contribution in [0.25, 0.3) is 0 Å². The largest absolute Gasteiger partial charge is 0.345 e.